The second kappa shape index (κ2) is 9.56. The Bertz CT molecular complexity index is 1100. The van der Waals surface area contributed by atoms with Crippen molar-refractivity contribution in [3.8, 4) is 5.75 Å². The summed E-state index contributed by atoms with van der Waals surface area (Å²) in [5.41, 5.74) is 1.70. The Labute approximate surface area is 186 Å². The topological polar surface area (TPSA) is 53.4 Å². The molecule has 31 heavy (non-hydrogen) atoms. The highest BCUT2D eigenvalue weighted by Crippen LogP contribution is 2.31. The van der Waals surface area contributed by atoms with Gasteiger partial charge in [0.1, 0.15) is 22.7 Å². The normalized spacial score (nSPS) is 11.5. The fourth-order valence-electron chi connectivity index (χ4n) is 3.15. The van der Waals surface area contributed by atoms with Crippen LogP contribution in [0.25, 0.3) is 10.9 Å². The number of fused-ring (bicyclic) bond motifs is 1. The van der Waals surface area contributed by atoms with E-state index in [1.165, 1.54) is 6.07 Å². The Balaban J connectivity index is 1.68. The number of nitrogens with zero attached hydrogens (tertiary/aromatic N) is 2. The zero-order chi connectivity index (χ0) is 22.6. The maximum atomic E-state index is 14.3. The van der Waals surface area contributed by atoms with Crippen molar-refractivity contribution in [2.24, 2.45) is 0 Å². The molecule has 1 heterocycles. The molecule has 0 radical (unpaired) electrons. The predicted octanol–water partition coefficient (Wildman–Crippen LogP) is 5.68. The molecule has 2 aromatic carbocycles. The van der Waals surface area contributed by atoms with Crippen LogP contribution in [-0.2, 0) is 21.8 Å². The molecule has 5 nitrogen and oxygen atoms in total. The molecule has 0 aliphatic heterocycles. The number of rotatable bonds is 8. The van der Waals surface area contributed by atoms with Gasteiger partial charge < -0.3 is 9.47 Å². The molecule has 0 unspecified atom stereocenters. The largest absolute Gasteiger partial charge is 0.482 e. The highest BCUT2D eigenvalue weighted by molar-refractivity contribution is 7.98. The molecular weight excluding hydrogens is 415 g/mol. The van der Waals surface area contributed by atoms with E-state index >= 15 is 0 Å². The van der Waals surface area contributed by atoms with Crippen LogP contribution in [0.3, 0.4) is 0 Å². The van der Waals surface area contributed by atoms with E-state index in [4.69, 9.17) is 9.47 Å². The Kier molecular flexibility index (Phi) is 7.05. The van der Waals surface area contributed by atoms with E-state index in [2.05, 4.69) is 11.7 Å². The Morgan fingerprint density at radius 2 is 2.06 bits per heavy atom. The lowest BCUT2D eigenvalue weighted by Gasteiger charge is -2.19. The summed E-state index contributed by atoms with van der Waals surface area (Å²) in [6, 6.07) is 10.8. The summed E-state index contributed by atoms with van der Waals surface area (Å²) in [7, 11) is 0. The van der Waals surface area contributed by atoms with E-state index in [1.807, 2.05) is 52.0 Å². The fraction of sp³-hybridized carbons (Fsp3) is 0.333. The first-order chi connectivity index (χ1) is 14.7. The smallest absolute Gasteiger partial charge is 0.344 e. The van der Waals surface area contributed by atoms with Crippen molar-refractivity contribution in [2.45, 2.75) is 50.5 Å². The molecule has 0 N–H and O–H groups in total. The van der Waals surface area contributed by atoms with Crippen molar-refractivity contribution in [2.75, 3.05) is 6.61 Å². The van der Waals surface area contributed by atoms with Gasteiger partial charge in [0.05, 0.1) is 12.2 Å². The lowest BCUT2D eigenvalue weighted by Crippen LogP contribution is -2.27. The number of aromatic nitrogens is 2. The van der Waals surface area contributed by atoms with Crippen molar-refractivity contribution < 1.29 is 18.7 Å². The van der Waals surface area contributed by atoms with E-state index < -0.39 is 11.6 Å². The van der Waals surface area contributed by atoms with E-state index in [-0.39, 0.29) is 12.4 Å². The summed E-state index contributed by atoms with van der Waals surface area (Å²) >= 11 is 1.61. The molecule has 3 aromatic rings. The molecule has 0 aliphatic rings. The SMILES string of the molecule is C=CCn1nc(CSc2ccc(OCC(=O)OC(C)(C)C)c(C)c2)c2cccc(F)c21. The van der Waals surface area contributed by atoms with Crippen molar-refractivity contribution in [1.29, 1.82) is 0 Å². The Morgan fingerprint density at radius 3 is 2.74 bits per heavy atom. The number of thioether (sulfide) groups is 1. The number of halogens is 1. The van der Waals surface area contributed by atoms with Crippen molar-refractivity contribution in [1.82, 2.24) is 9.78 Å². The number of carbonyl (C=O) groups is 1. The van der Waals surface area contributed by atoms with E-state index in [0.717, 1.165) is 21.5 Å². The molecule has 7 heteroatoms. The van der Waals surface area contributed by atoms with Crippen molar-refractivity contribution in [3.05, 3.63) is 66.1 Å². The summed E-state index contributed by atoms with van der Waals surface area (Å²) in [5.74, 6) is 0.546. The molecular formula is C24H27FN2O3S. The molecule has 164 valence electrons. The van der Waals surface area contributed by atoms with E-state index in [9.17, 15) is 9.18 Å². The van der Waals surface area contributed by atoms with Crippen LogP contribution in [-0.4, -0.2) is 28.0 Å². The number of hydrogen-bond donors (Lipinski definition) is 0. The minimum Gasteiger partial charge on any atom is -0.482 e. The fourth-order valence-corrected chi connectivity index (χ4v) is 4.10. The van der Waals surface area contributed by atoms with Gasteiger partial charge in [-0.15, -0.1) is 18.3 Å². The Morgan fingerprint density at radius 1 is 1.29 bits per heavy atom. The average Bonchev–Trinajstić information content (AvgIpc) is 3.03. The van der Waals surface area contributed by atoms with Crippen molar-refractivity contribution in [3.63, 3.8) is 0 Å². The first kappa shape index (κ1) is 22.9. The molecule has 0 amide bonds. The van der Waals surface area contributed by atoms with Gasteiger partial charge in [0.2, 0.25) is 0 Å². The third-order valence-corrected chi connectivity index (χ3v) is 5.39. The monoisotopic (exact) mass is 442 g/mol. The van der Waals surface area contributed by atoms with Gasteiger partial charge in [-0.05, 0) is 57.5 Å². The number of para-hydroxylation sites is 1. The zero-order valence-electron chi connectivity index (χ0n) is 18.3. The van der Waals surface area contributed by atoms with Crippen LogP contribution in [0, 0.1) is 12.7 Å². The van der Waals surface area contributed by atoms with E-state index in [0.29, 0.717) is 23.6 Å². The van der Waals surface area contributed by atoms with Gasteiger partial charge in [0.15, 0.2) is 6.61 Å². The van der Waals surface area contributed by atoms with Crippen LogP contribution in [0.4, 0.5) is 4.39 Å². The van der Waals surface area contributed by atoms with Gasteiger partial charge in [-0.25, -0.2) is 9.18 Å². The molecule has 0 spiro atoms. The molecule has 0 bridgehead atoms. The zero-order valence-corrected chi connectivity index (χ0v) is 19.1. The molecule has 3 rings (SSSR count). The minimum absolute atomic E-state index is 0.136. The summed E-state index contributed by atoms with van der Waals surface area (Å²) < 4.78 is 26.8. The predicted molar refractivity (Wildman–Crippen MR) is 122 cm³/mol. The van der Waals surface area contributed by atoms with Crippen LogP contribution < -0.4 is 4.74 Å². The number of carbonyl (C=O) groups excluding carboxylic acids is 1. The van der Waals surface area contributed by atoms with Gasteiger partial charge in [0.25, 0.3) is 0 Å². The lowest BCUT2D eigenvalue weighted by atomic mass is 10.2. The van der Waals surface area contributed by atoms with Gasteiger partial charge >= 0.3 is 5.97 Å². The quantitative estimate of drug-likeness (QED) is 0.255. The molecule has 1 aromatic heterocycles. The van der Waals surface area contributed by atoms with Gasteiger partial charge in [-0.2, -0.15) is 5.10 Å². The number of ether oxygens (including phenoxy) is 2. The third-order valence-electron chi connectivity index (χ3n) is 4.39. The summed E-state index contributed by atoms with van der Waals surface area (Å²) in [6.45, 7) is 11.4. The first-order valence-electron chi connectivity index (χ1n) is 10.0. The standard InChI is InChI=1S/C24H27FN2O3S/c1-6-12-27-23-18(8-7-9-19(23)25)20(26-27)15-31-17-10-11-21(16(2)13-17)29-14-22(28)30-24(3,4)5/h6-11,13H,1,12,14-15H2,2-5H3. The van der Waals surface area contributed by atoms with Gasteiger partial charge in [0, 0.05) is 16.0 Å². The van der Waals surface area contributed by atoms with Crippen LogP contribution in [0.15, 0.2) is 53.9 Å². The van der Waals surface area contributed by atoms with Crippen LogP contribution in [0.1, 0.15) is 32.0 Å². The number of aryl methyl sites for hydroxylation is 1. The third kappa shape index (κ3) is 5.88. The summed E-state index contributed by atoms with van der Waals surface area (Å²) in [6.07, 6.45) is 1.70. The maximum absolute atomic E-state index is 14.3. The summed E-state index contributed by atoms with van der Waals surface area (Å²) in [4.78, 5) is 12.9. The highest BCUT2D eigenvalue weighted by Gasteiger charge is 2.17. The number of allylic oxidation sites excluding steroid dienone is 1. The van der Waals surface area contributed by atoms with Crippen LogP contribution in [0.5, 0.6) is 5.75 Å². The van der Waals surface area contributed by atoms with Crippen LogP contribution in [0.2, 0.25) is 0 Å². The highest BCUT2D eigenvalue weighted by atomic mass is 32.2. The minimum atomic E-state index is -0.540. The lowest BCUT2D eigenvalue weighted by molar-refractivity contribution is -0.157. The maximum Gasteiger partial charge on any atom is 0.344 e. The first-order valence-corrected chi connectivity index (χ1v) is 11.0. The molecule has 0 aliphatic carbocycles. The second-order valence-electron chi connectivity index (χ2n) is 8.14. The second-order valence-corrected chi connectivity index (χ2v) is 9.19. The molecule has 0 saturated carbocycles. The molecule has 0 atom stereocenters. The van der Waals surface area contributed by atoms with Crippen molar-refractivity contribution >= 4 is 28.6 Å². The number of esters is 1. The molecule has 0 saturated heterocycles. The number of benzene rings is 2. The van der Waals surface area contributed by atoms with Gasteiger partial charge in [-0.1, -0.05) is 18.2 Å². The van der Waals surface area contributed by atoms with Gasteiger partial charge in [-0.3, -0.25) is 4.68 Å². The van der Waals surface area contributed by atoms with E-state index in [1.54, 1.807) is 28.6 Å². The average molecular weight is 443 g/mol. The number of hydrogen-bond acceptors (Lipinski definition) is 5. The summed E-state index contributed by atoms with van der Waals surface area (Å²) in [5, 5.41) is 5.39. The molecule has 0 fully saturated rings. The van der Waals surface area contributed by atoms with Crippen LogP contribution >= 0.6 is 11.8 Å². The Hall–Kier alpha value is -2.80.